The molecule has 1 aromatic heterocycles. The predicted octanol–water partition coefficient (Wildman–Crippen LogP) is 3.00. The maximum atomic E-state index is 11.0. The van der Waals surface area contributed by atoms with Crippen LogP contribution in [-0.2, 0) is 11.2 Å². The molecule has 5 heteroatoms. The third-order valence-electron chi connectivity index (χ3n) is 2.90. The van der Waals surface area contributed by atoms with Crippen molar-refractivity contribution in [3.8, 4) is 11.3 Å². The molecule has 0 unspecified atom stereocenters. The van der Waals surface area contributed by atoms with Gasteiger partial charge in [0.05, 0.1) is 11.4 Å². The summed E-state index contributed by atoms with van der Waals surface area (Å²) in [6, 6.07) is 10.0. The zero-order valence-electron chi connectivity index (χ0n) is 11.6. The molecule has 3 N–H and O–H groups in total. The standard InChI is InChI=1S/C15H19N3OS/c1-2-3-9-13-17-14(11-7-5-4-6-8-11)15(18-13)20-10-12(16)19/h4-8H,2-3,9-10H2,1H3,(H2,16,19)(H,17,18). The summed E-state index contributed by atoms with van der Waals surface area (Å²) in [5.41, 5.74) is 7.27. The number of nitrogens with two attached hydrogens (primary N) is 1. The Hall–Kier alpha value is -1.75. The summed E-state index contributed by atoms with van der Waals surface area (Å²) < 4.78 is 0. The van der Waals surface area contributed by atoms with Crippen LogP contribution in [0, 0.1) is 0 Å². The van der Waals surface area contributed by atoms with Crippen molar-refractivity contribution in [2.75, 3.05) is 5.75 Å². The molecule has 0 radical (unpaired) electrons. The van der Waals surface area contributed by atoms with Crippen LogP contribution >= 0.6 is 11.8 Å². The monoisotopic (exact) mass is 289 g/mol. The molecule has 2 rings (SSSR count). The smallest absolute Gasteiger partial charge is 0.227 e. The van der Waals surface area contributed by atoms with Crippen LogP contribution in [0.25, 0.3) is 11.3 Å². The molecule has 2 aromatic rings. The van der Waals surface area contributed by atoms with Crippen LogP contribution in [0.4, 0.5) is 0 Å². The second kappa shape index (κ2) is 7.14. The quantitative estimate of drug-likeness (QED) is 0.770. The molecule has 0 spiro atoms. The minimum Gasteiger partial charge on any atom is -0.369 e. The van der Waals surface area contributed by atoms with Gasteiger partial charge in [-0.2, -0.15) is 0 Å². The number of carbonyl (C=O) groups excluding carboxylic acids is 1. The third kappa shape index (κ3) is 3.87. The van der Waals surface area contributed by atoms with Crippen molar-refractivity contribution in [1.29, 1.82) is 0 Å². The van der Waals surface area contributed by atoms with E-state index in [9.17, 15) is 4.79 Å². The minimum absolute atomic E-state index is 0.248. The average molecular weight is 289 g/mol. The molecule has 0 atom stereocenters. The minimum atomic E-state index is -0.327. The highest BCUT2D eigenvalue weighted by Crippen LogP contribution is 2.29. The number of thioether (sulfide) groups is 1. The van der Waals surface area contributed by atoms with Crippen LogP contribution in [0.15, 0.2) is 35.4 Å². The second-order valence-electron chi connectivity index (χ2n) is 4.59. The van der Waals surface area contributed by atoms with E-state index in [4.69, 9.17) is 5.73 Å². The highest BCUT2D eigenvalue weighted by atomic mass is 32.2. The van der Waals surface area contributed by atoms with Gasteiger partial charge in [-0.05, 0) is 6.42 Å². The number of aryl methyl sites for hydroxylation is 1. The fourth-order valence-electron chi connectivity index (χ4n) is 1.91. The van der Waals surface area contributed by atoms with E-state index in [1.54, 1.807) is 0 Å². The zero-order valence-corrected chi connectivity index (χ0v) is 12.4. The molecule has 1 amide bonds. The maximum Gasteiger partial charge on any atom is 0.227 e. The van der Waals surface area contributed by atoms with Crippen molar-refractivity contribution in [3.63, 3.8) is 0 Å². The first-order chi connectivity index (χ1) is 9.70. The van der Waals surface area contributed by atoms with Gasteiger partial charge >= 0.3 is 0 Å². The van der Waals surface area contributed by atoms with E-state index in [0.29, 0.717) is 0 Å². The summed E-state index contributed by atoms with van der Waals surface area (Å²) in [6.07, 6.45) is 3.15. The zero-order chi connectivity index (χ0) is 14.4. The van der Waals surface area contributed by atoms with Gasteiger partial charge in [-0.15, -0.1) is 0 Å². The summed E-state index contributed by atoms with van der Waals surface area (Å²) in [5.74, 6) is 0.891. The number of rotatable bonds is 7. The highest BCUT2D eigenvalue weighted by molar-refractivity contribution is 8.00. The summed E-state index contributed by atoms with van der Waals surface area (Å²) in [4.78, 5) is 18.9. The Morgan fingerprint density at radius 2 is 2.10 bits per heavy atom. The number of primary amides is 1. The predicted molar refractivity (Wildman–Crippen MR) is 82.6 cm³/mol. The lowest BCUT2D eigenvalue weighted by Gasteiger charge is -2.01. The fourth-order valence-corrected chi connectivity index (χ4v) is 2.68. The number of benzene rings is 1. The van der Waals surface area contributed by atoms with Crippen molar-refractivity contribution < 1.29 is 4.79 Å². The number of hydrogen-bond donors (Lipinski definition) is 2. The van der Waals surface area contributed by atoms with Gasteiger partial charge < -0.3 is 10.7 Å². The van der Waals surface area contributed by atoms with Gasteiger partial charge in [0.15, 0.2) is 0 Å². The SMILES string of the molecule is CCCCc1nc(SCC(N)=O)c(-c2ccccc2)[nH]1. The molecular formula is C15H19N3OS. The van der Waals surface area contributed by atoms with E-state index in [0.717, 1.165) is 41.4 Å². The molecular weight excluding hydrogens is 270 g/mol. The Labute approximate surface area is 123 Å². The van der Waals surface area contributed by atoms with Crippen molar-refractivity contribution in [2.24, 2.45) is 5.73 Å². The Morgan fingerprint density at radius 1 is 1.35 bits per heavy atom. The molecule has 1 aromatic carbocycles. The van der Waals surface area contributed by atoms with E-state index in [1.165, 1.54) is 11.8 Å². The number of aromatic nitrogens is 2. The Balaban J connectivity index is 2.27. The third-order valence-corrected chi connectivity index (χ3v) is 3.90. The van der Waals surface area contributed by atoms with Gasteiger partial charge in [0.25, 0.3) is 0 Å². The number of unbranched alkanes of at least 4 members (excludes halogenated alkanes) is 1. The van der Waals surface area contributed by atoms with E-state index >= 15 is 0 Å². The molecule has 0 aliphatic carbocycles. The molecule has 4 nitrogen and oxygen atoms in total. The Kier molecular flexibility index (Phi) is 5.24. The summed E-state index contributed by atoms with van der Waals surface area (Å²) in [7, 11) is 0. The molecule has 0 saturated heterocycles. The number of nitrogens with zero attached hydrogens (tertiary/aromatic N) is 1. The van der Waals surface area contributed by atoms with E-state index in [2.05, 4.69) is 16.9 Å². The lowest BCUT2D eigenvalue weighted by Crippen LogP contribution is -2.13. The van der Waals surface area contributed by atoms with Gasteiger partial charge in [0, 0.05) is 12.0 Å². The summed E-state index contributed by atoms with van der Waals surface area (Å²) in [6.45, 7) is 2.16. The van der Waals surface area contributed by atoms with Crippen molar-refractivity contribution in [2.45, 2.75) is 31.2 Å². The van der Waals surface area contributed by atoms with Crippen LogP contribution in [0.3, 0.4) is 0 Å². The lowest BCUT2D eigenvalue weighted by molar-refractivity contribution is -0.115. The van der Waals surface area contributed by atoms with Gasteiger partial charge in [-0.3, -0.25) is 4.79 Å². The van der Waals surface area contributed by atoms with Crippen LogP contribution in [0.2, 0.25) is 0 Å². The van der Waals surface area contributed by atoms with E-state index in [1.807, 2.05) is 30.3 Å². The number of carbonyl (C=O) groups is 1. The summed E-state index contributed by atoms with van der Waals surface area (Å²) >= 11 is 1.39. The Morgan fingerprint density at radius 3 is 2.75 bits per heavy atom. The van der Waals surface area contributed by atoms with Crippen LogP contribution in [0.5, 0.6) is 0 Å². The molecule has 0 bridgehead atoms. The van der Waals surface area contributed by atoms with Crippen molar-refractivity contribution >= 4 is 17.7 Å². The second-order valence-corrected chi connectivity index (χ2v) is 5.55. The first kappa shape index (κ1) is 14.7. The highest BCUT2D eigenvalue weighted by Gasteiger charge is 2.13. The molecule has 1 heterocycles. The molecule has 20 heavy (non-hydrogen) atoms. The fraction of sp³-hybridized carbons (Fsp3) is 0.333. The maximum absolute atomic E-state index is 11.0. The molecule has 0 fully saturated rings. The number of imidazole rings is 1. The molecule has 0 aliphatic heterocycles. The van der Waals surface area contributed by atoms with Crippen molar-refractivity contribution in [3.05, 3.63) is 36.2 Å². The van der Waals surface area contributed by atoms with E-state index in [-0.39, 0.29) is 11.7 Å². The van der Waals surface area contributed by atoms with Crippen LogP contribution < -0.4 is 5.73 Å². The lowest BCUT2D eigenvalue weighted by atomic mass is 10.2. The van der Waals surface area contributed by atoms with Crippen molar-refractivity contribution in [1.82, 2.24) is 9.97 Å². The number of amides is 1. The average Bonchev–Trinajstić information content (AvgIpc) is 2.87. The van der Waals surface area contributed by atoms with Gasteiger partial charge in [-0.1, -0.05) is 55.4 Å². The first-order valence-corrected chi connectivity index (χ1v) is 7.74. The largest absolute Gasteiger partial charge is 0.369 e. The number of aromatic amines is 1. The molecule has 106 valence electrons. The molecule has 0 saturated carbocycles. The van der Waals surface area contributed by atoms with Gasteiger partial charge in [0.2, 0.25) is 5.91 Å². The summed E-state index contributed by atoms with van der Waals surface area (Å²) in [5, 5.41) is 0.848. The van der Waals surface area contributed by atoms with Gasteiger partial charge in [-0.25, -0.2) is 4.98 Å². The van der Waals surface area contributed by atoms with E-state index < -0.39 is 0 Å². The number of hydrogen-bond acceptors (Lipinski definition) is 3. The number of H-pyrrole nitrogens is 1. The molecule has 0 aliphatic rings. The van der Waals surface area contributed by atoms with Crippen LogP contribution in [0.1, 0.15) is 25.6 Å². The topological polar surface area (TPSA) is 71.8 Å². The Bertz CT molecular complexity index is 566. The first-order valence-electron chi connectivity index (χ1n) is 6.76. The van der Waals surface area contributed by atoms with Crippen LogP contribution in [-0.4, -0.2) is 21.6 Å². The van der Waals surface area contributed by atoms with Gasteiger partial charge in [0.1, 0.15) is 10.9 Å². The number of nitrogens with one attached hydrogen (secondary N) is 1. The normalized spacial score (nSPS) is 10.7.